The van der Waals surface area contributed by atoms with Crippen molar-refractivity contribution in [2.75, 3.05) is 18.8 Å². The van der Waals surface area contributed by atoms with E-state index in [4.69, 9.17) is 5.73 Å². The van der Waals surface area contributed by atoms with Gasteiger partial charge in [0.1, 0.15) is 0 Å². The van der Waals surface area contributed by atoms with E-state index in [1.807, 2.05) is 0 Å². The van der Waals surface area contributed by atoms with Crippen molar-refractivity contribution in [1.29, 1.82) is 0 Å². The minimum absolute atomic E-state index is 0.0497. The number of benzene rings is 1. The summed E-state index contributed by atoms with van der Waals surface area (Å²) < 4.78 is 63.9. The SMILES string of the molecule is Nc1ccc(Br)c(S(=O)(=O)N2CC=C(C(F)(F)F)CC2)c1. The van der Waals surface area contributed by atoms with Crippen LogP contribution in [0.4, 0.5) is 18.9 Å². The summed E-state index contributed by atoms with van der Waals surface area (Å²) in [7, 11) is -3.89. The smallest absolute Gasteiger partial charge is 0.399 e. The Morgan fingerprint density at radius 2 is 1.95 bits per heavy atom. The fraction of sp³-hybridized carbons (Fsp3) is 0.333. The van der Waals surface area contributed by atoms with Crippen LogP contribution < -0.4 is 5.73 Å². The maximum absolute atomic E-state index is 12.5. The number of hydrogen-bond donors (Lipinski definition) is 1. The van der Waals surface area contributed by atoms with Gasteiger partial charge in [0, 0.05) is 28.8 Å². The van der Waals surface area contributed by atoms with Crippen LogP contribution in [0.5, 0.6) is 0 Å². The van der Waals surface area contributed by atoms with E-state index in [-0.39, 0.29) is 30.1 Å². The minimum atomic E-state index is -4.41. The Kier molecular flexibility index (Phi) is 4.36. The molecule has 0 atom stereocenters. The number of halogens is 4. The first-order valence-electron chi connectivity index (χ1n) is 5.94. The van der Waals surface area contributed by atoms with Gasteiger partial charge >= 0.3 is 6.18 Å². The van der Waals surface area contributed by atoms with Crippen molar-refractivity contribution in [1.82, 2.24) is 4.31 Å². The second kappa shape index (κ2) is 5.62. The molecule has 1 aromatic rings. The molecule has 0 spiro atoms. The molecule has 0 aliphatic carbocycles. The monoisotopic (exact) mass is 384 g/mol. The summed E-state index contributed by atoms with van der Waals surface area (Å²) in [6.07, 6.45) is -3.86. The van der Waals surface area contributed by atoms with Gasteiger partial charge in [0.2, 0.25) is 10.0 Å². The molecular formula is C12H12BrF3N2O2S. The van der Waals surface area contributed by atoms with E-state index < -0.39 is 21.8 Å². The van der Waals surface area contributed by atoms with Crippen LogP contribution in [0.2, 0.25) is 0 Å². The van der Waals surface area contributed by atoms with Crippen molar-refractivity contribution < 1.29 is 21.6 Å². The predicted octanol–water partition coefficient (Wildman–Crippen LogP) is 2.91. The van der Waals surface area contributed by atoms with Crippen LogP contribution in [0.3, 0.4) is 0 Å². The zero-order valence-corrected chi connectivity index (χ0v) is 13.1. The predicted molar refractivity (Wildman–Crippen MR) is 76.1 cm³/mol. The quantitative estimate of drug-likeness (QED) is 0.629. The van der Waals surface area contributed by atoms with Gasteiger partial charge in [-0.15, -0.1) is 0 Å². The first kappa shape index (κ1) is 16.3. The van der Waals surface area contributed by atoms with Gasteiger partial charge in [-0.1, -0.05) is 6.08 Å². The lowest BCUT2D eigenvalue weighted by atomic mass is 10.1. The number of nitrogen functional groups attached to an aromatic ring is 1. The fourth-order valence-corrected chi connectivity index (χ4v) is 4.32. The Labute approximate surface area is 128 Å². The first-order valence-corrected chi connectivity index (χ1v) is 8.17. The van der Waals surface area contributed by atoms with Crippen LogP contribution in [0.1, 0.15) is 6.42 Å². The molecule has 21 heavy (non-hydrogen) atoms. The molecule has 1 aromatic carbocycles. The van der Waals surface area contributed by atoms with Crippen molar-refractivity contribution >= 4 is 31.6 Å². The Bertz CT molecular complexity index is 686. The highest BCUT2D eigenvalue weighted by atomic mass is 79.9. The zero-order chi connectivity index (χ0) is 15.8. The molecular weight excluding hydrogens is 373 g/mol. The Hall–Kier alpha value is -1.06. The molecule has 0 saturated heterocycles. The molecule has 0 unspecified atom stereocenters. The van der Waals surface area contributed by atoms with Crippen molar-refractivity contribution in [3.05, 3.63) is 34.3 Å². The summed E-state index contributed by atoms with van der Waals surface area (Å²) in [5.41, 5.74) is 5.14. The molecule has 2 rings (SSSR count). The highest BCUT2D eigenvalue weighted by molar-refractivity contribution is 9.10. The third kappa shape index (κ3) is 3.41. The molecule has 0 fully saturated rings. The summed E-state index contributed by atoms with van der Waals surface area (Å²) in [5, 5.41) is 0. The number of anilines is 1. The Morgan fingerprint density at radius 3 is 2.48 bits per heavy atom. The van der Waals surface area contributed by atoms with Gasteiger partial charge in [-0.3, -0.25) is 0 Å². The molecule has 1 heterocycles. The Balaban J connectivity index is 2.31. The normalized spacial score (nSPS) is 17.6. The average Bonchev–Trinajstić information content (AvgIpc) is 2.40. The zero-order valence-electron chi connectivity index (χ0n) is 10.7. The van der Waals surface area contributed by atoms with Crippen molar-refractivity contribution in [3.8, 4) is 0 Å². The van der Waals surface area contributed by atoms with Gasteiger partial charge in [0.15, 0.2) is 0 Å². The molecule has 1 aliphatic rings. The molecule has 0 bridgehead atoms. The summed E-state index contributed by atoms with van der Waals surface area (Å²) in [6, 6.07) is 4.30. The number of alkyl halides is 3. The first-order chi connectivity index (χ1) is 9.62. The standard InChI is InChI=1S/C12H12BrF3N2O2S/c13-10-2-1-9(17)7-11(10)21(19,20)18-5-3-8(4-6-18)12(14,15)16/h1-3,7H,4-6,17H2. The summed E-state index contributed by atoms with van der Waals surface area (Å²) >= 11 is 3.12. The highest BCUT2D eigenvalue weighted by Crippen LogP contribution is 2.33. The average molecular weight is 385 g/mol. The molecule has 2 N–H and O–H groups in total. The summed E-state index contributed by atoms with van der Waals surface area (Å²) in [5.74, 6) is 0. The van der Waals surface area contributed by atoms with Gasteiger partial charge < -0.3 is 5.73 Å². The van der Waals surface area contributed by atoms with Crippen LogP contribution in [0.15, 0.2) is 39.2 Å². The second-order valence-corrected chi connectivity index (χ2v) is 7.29. The van der Waals surface area contributed by atoms with E-state index in [1.54, 1.807) is 0 Å². The van der Waals surface area contributed by atoms with Crippen molar-refractivity contribution in [2.45, 2.75) is 17.5 Å². The van der Waals surface area contributed by atoms with E-state index >= 15 is 0 Å². The van der Waals surface area contributed by atoms with E-state index in [1.165, 1.54) is 18.2 Å². The van der Waals surface area contributed by atoms with E-state index in [2.05, 4.69) is 15.9 Å². The van der Waals surface area contributed by atoms with Crippen LogP contribution in [-0.4, -0.2) is 32.0 Å². The largest absolute Gasteiger partial charge is 0.412 e. The van der Waals surface area contributed by atoms with Crippen LogP contribution in [0.25, 0.3) is 0 Å². The molecule has 4 nitrogen and oxygen atoms in total. The van der Waals surface area contributed by atoms with E-state index in [0.29, 0.717) is 4.47 Å². The van der Waals surface area contributed by atoms with Crippen LogP contribution >= 0.6 is 15.9 Å². The summed E-state index contributed by atoms with van der Waals surface area (Å²) in [4.78, 5) is -0.0497. The van der Waals surface area contributed by atoms with E-state index in [9.17, 15) is 21.6 Å². The third-order valence-electron chi connectivity index (χ3n) is 3.11. The van der Waals surface area contributed by atoms with E-state index in [0.717, 1.165) is 10.4 Å². The van der Waals surface area contributed by atoms with Gasteiger partial charge in [-0.25, -0.2) is 8.42 Å². The number of nitrogens with zero attached hydrogens (tertiary/aromatic N) is 1. The van der Waals surface area contributed by atoms with Gasteiger partial charge in [0.05, 0.1) is 4.90 Å². The second-order valence-electron chi connectivity index (χ2n) is 4.53. The maximum atomic E-state index is 12.5. The minimum Gasteiger partial charge on any atom is -0.399 e. The van der Waals surface area contributed by atoms with Crippen LogP contribution in [0, 0.1) is 0 Å². The number of nitrogens with two attached hydrogens (primary N) is 1. The molecule has 1 aliphatic heterocycles. The third-order valence-corrected chi connectivity index (χ3v) is 5.97. The van der Waals surface area contributed by atoms with Crippen molar-refractivity contribution in [3.63, 3.8) is 0 Å². The lowest BCUT2D eigenvalue weighted by Crippen LogP contribution is -2.37. The molecule has 0 saturated carbocycles. The number of rotatable bonds is 2. The van der Waals surface area contributed by atoms with Crippen LogP contribution in [-0.2, 0) is 10.0 Å². The molecule has 0 amide bonds. The lowest BCUT2D eigenvalue weighted by molar-refractivity contribution is -0.0953. The number of sulfonamides is 1. The lowest BCUT2D eigenvalue weighted by Gasteiger charge is -2.27. The molecule has 0 radical (unpaired) electrons. The highest BCUT2D eigenvalue weighted by Gasteiger charge is 2.37. The van der Waals surface area contributed by atoms with Gasteiger partial charge in [0.25, 0.3) is 0 Å². The van der Waals surface area contributed by atoms with Gasteiger partial charge in [-0.05, 0) is 40.5 Å². The van der Waals surface area contributed by atoms with Crippen molar-refractivity contribution in [2.24, 2.45) is 0 Å². The number of hydrogen-bond acceptors (Lipinski definition) is 3. The fourth-order valence-electron chi connectivity index (χ4n) is 1.98. The Morgan fingerprint density at radius 1 is 1.29 bits per heavy atom. The summed E-state index contributed by atoms with van der Waals surface area (Å²) in [6.45, 7) is -0.521. The van der Waals surface area contributed by atoms with Gasteiger partial charge in [-0.2, -0.15) is 17.5 Å². The molecule has 116 valence electrons. The maximum Gasteiger partial charge on any atom is 0.412 e. The molecule has 9 heteroatoms. The molecule has 0 aromatic heterocycles. The topological polar surface area (TPSA) is 63.4 Å².